The van der Waals surface area contributed by atoms with Crippen LogP contribution in [0.15, 0.2) is 30.5 Å². The molecule has 1 aromatic heterocycles. The normalized spacial score (nSPS) is 28.0. The summed E-state index contributed by atoms with van der Waals surface area (Å²) in [5.74, 6) is 1.11. The molecule has 2 aromatic rings. The third-order valence-corrected chi connectivity index (χ3v) is 7.80. The summed E-state index contributed by atoms with van der Waals surface area (Å²) in [6.07, 6.45) is 12.1. The van der Waals surface area contributed by atoms with Crippen molar-refractivity contribution in [1.82, 2.24) is 25.2 Å². The van der Waals surface area contributed by atoms with Crippen molar-refractivity contribution in [3.63, 3.8) is 0 Å². The quantitative estimate of drug-likeness (QED) is 0.717. The highest BCUT2D eigenvalue weighted by Crippen LogP contribution is 2.37. The Balaban J connectivity index is 1.12. The molecule has 6 nitrogen and oxygen atoms in total. The number of fused-ring (bicyclic) bond motifs is 3. The predicted octanol–water partition coefficient (Wildman–Crippen LogP) is 3.57. The van der Waals surface area contributed by atoms with Gasteiger partial charge in [0.15, 0.2) is 0 Å². The Morgan fingerprint density at radius 2 is 1.94 bits per heavy atom. The fraction of sp³-hybridized carbons (Fsp3) is 0.640. The minimum atomic E-state index is -0.253. The van der Waals surface area contributed by atoms with Gasteiger partial charge in [0.25, 0.3) is 0 Å². The van der Waals surface area contributed by atoms with E-state index in [-0.39, 0.29) is 17.6 Å². The standard InChI is InChI=1S/C25H34FN5O/c26-21-8-6-19(7-9-21)14-27-25(32)24-17-30-11-10-20(24)13-23(30)16-31-15-22(28-29-31)12-18-4-2-1-3-5-18/h6-9,15,18,20,23-24H,1-5,10-14,16-17H2,(H,27,32). The van der Waals surface area contributed by atoms with Crippen LogP contribution in [0.3, 0.4) is 0 Å². The van der Waals surface area contributed by atoms with E-state index in [0.717, 1.165) is 56.1 Å². The Morgan fingerprint density at radius 1 is 1.12 bits per heavy atom. The fourth-order valence-electron chi connectivity index (χ4n) is 5.97. The Labute approximate surface area is 189 Å². The summed E-state index contributed by atoms with van der Waals surface area (Å²) in [4.78, 5) is 15.3. The first-order valence-electron chi connectivity index (χ1n) is 12.3. The molecule has 4 atom stereocenters. The van der Waals surface area contributed by atoms with Crippen molar-refractivity contribution in [2.75, 3.05) is 13.1 Å². The molecule has 32 heavy (non-hydrogen) atoms. The maximum absolute atomic E-state index is 13.1. The van der Waals surface area contributed by atoms with E-state index < -0.39 is 0 Å². The van der Waals surface area contributed by atoms with Crippen molar-refractivity contribution in [2.24, 2.45) is 17.8 Å². The van der Waals surface area contributed by atoms with Gasteiger partial charge in [0.1, 0.15) is 5.82 Å². The summed E-state index contributed by atoms with van der Waals surface area (Å²) in [6, 6.07) is 6.75. The molecule has 4 aliphatic rings. The molecule has 3 aliphatic heterocycles. The molecule has 7 heteroatoms. The van der Waals surface area contributed by atoms with Crippen LogP contribution in [0.5, 0.6) is 0 Å². The number of halogens is 1. The second kappa shape index (κ2) is 9.69. The van der Waals surface area contributed by atoms with Crippen LogP contribution in [0.2, 0.25) is 0 Å². The molecule has 6 rings (SSSR count). The Morgan fingerprint density at radius 3 is 2.69 bits per heavy atom. The lowest BCUT2D eigenvalue weighted by atomic mass is 9.75. The van der Waals surface area contributed by atoms with Gasteiger partial charge in [0.05, 0.1) is 18.2 Å². The van der Waals surface area contributed by atoms with Crippen LogP contribution in [0.25, 0.3) is 0 Å². The SMILES string of the molecule is O=C(NCc1ccc(F)cc1)C1CN2CCC1CC2Cn1cc(CC2CCCCC2)nn1. The molecule has 2 bridgehead atoms. The Kier molecular flexibility index (Phi) is 6.53. The molecule has 3 saturated heterocycles. The van der Waals surface area contributed by atoms with Crippen molar-refractivity contribution in [2.45, 2.75) is 70.5 Å². The lowest BCUT2D eigenvalue weighted by Crippen LogP contribution is -2.58. The first-order chi connectivity index (χ1) is 15.6. The zero-order chi connectivity index (χ0) is 21.9. The van der Waals surface area contributed by atoms with Gasteiger partial charge in [-0.25, -0.2) is 4.39 Å². The lowest BCUT2D eigenvalue weighted by molar-refractivity contribution is -0.133. The molecule has 4 fully saturated rings. The monoisotopic (exact) mass is 439 g/mol. The highest BCUT2D eigenvalue weighted by Gasteiger charge is 2.43. The van der Waals surface area contributed by atoms with Crippen molar-refractivity contribution in [3.05, 3.63) is 47.5 Å². The summed E-state index contributed by atoms with van der Waals surface area (Å²) in [5.41, 5.74) is 2.06. The number of rotatable bonds is 7. The van der Waals surface area contributed by atoms with Crippen LogP contribution in [-0.2, 0) is 24.3 Å². The number of hydrogen-bond donors (Lipinski definition) is 1. The molecule has 1 saturated carbocycles. The Hall–Kier alpha value is -2.28. The van der Waals surface area contributed by atoms with Crippen LogP contribution >= 0.6 is 0 Å². The van der Waals surface area contributed by atoms with Gasteiger partial charge in [-0.05, 0) is 55.3 Å². The van der Waals surface area contributed by atoms with E-state index in [1.807, 2.05) is 4.68 Å². The van der Waals surface area contributed by atoms with Crippen LogP contribution < -0.4 is 5.32 Å². The van der Waals surface area contributed by atoms with Gasteiger partial charge in [-0.1, -0.05) is 49.5 Å². The molecule has 4 unspecified atom stereocenters. The maximum atomic E-state index is 13.1. The maximum Gasteiger partial charge on any atom is 0.224 e. The molecule has 4 heterocycles. The second-order valence-corrected chi connectivity index (χ2v) is 10.0. The Bertz CT molecular complexity index is 907. The van der Waals surface area contributed by atoms with E-state index in [1.165, 1.54) is 44.2 Å². The van der Waals surface area contributed by atoms with E-state index in [9.17, 15) is 9.18 Å². The first kappa shape index (κ1) is 21.6. The van der Waals surface area contributed by atoms with Gasteiger partial charge >= 0.3 is 0 Å². The summed E-state index contributed by atoms with van der Waals surface area (Å²) < 4.78 is 15.1. The van der Waals surface area contributed by atoms with Crippen LogP contribution in [0.4, 0.5) is 4.39 Å². The zero-order valence-corrected chi connectivity index (χ0v) is 18.8. The number of aromatic nitrogens is 3. The van der Waals surface area contributed by atoms with E-state index in [4.69, 9.17) is 0 Å². The fourth-order valence-corrected chi connectivity index (χ4v) is 5.97. The lowest BCUT2D eigenvalue weighted by Gasteiger charge is -2.49. The molecule has 1 aromatic carbocycles. The average Bonchev–Trinajstić information content (AvgIpc) is 3.26. The highest BCUT2D eigenvalue weighted by atomic mass is 19.1. The van der Waals surface area contributed by atoms with Crippen LogP contribution in [-0.4, -0.2) is 44.9 Å². The molecule has 1 N–H and O–H groups in total. The largest absolute Gasteiger partial charge is 0.352 e. The summed E-state index contributed by atoms with van der Waals surface area (Å²) in [7, 11) is 0. The van der Waals surface area contributed by atoms with E-state index in [2.05, 4.69) is 26.7 Å². The number of carbonyl (C=O) groups is 1. The van der Waals surface area contributed by atoms with Gasteiger partial charge in [0.2, 0.25) is 5.91 Å². The van der Waals surface area contributed by atoms with Crippen LogP contribution in [0.1, 0.15) is 56.2 Å². The molecular formula is C25H34FN5O. The van der Waals surface area contributed by atoms with Gasteiger partial charge in [-0.15, -0.1) is 5.10 Å². The molecule has 0 spiro atoms. The third-order valence-electron chi connectivity index (χ3n) is 7.80. The number of benzene rings is 1. The molecule has 1 amide bonds. The van der Waals surface area contributed by atoms with Crippen LogP contribution in [0, 0.1) is 23.6 Å². The third kappa shape index (κ3) is 5.03. The van der Waals surface area contributed by atoms with Gasteiger partial charge in [0, 0.05) is 25.3 Å². The molecule has 1 aliphatic carbocycles. The van der Waals surface area contributed by atoms with E-state index >= 15 is 0 Å². The number of piperidine rings is 3. The molecule has 172 valence electrons. The zero-order valence-electron chi connectivity index (χ0n) is 18.8. The smallest absolute Gasteiger partial charge is 0.224 e. The van der Waals surface area contributed by atoms with Crippen molar-refractivity contribution >= 4 is 5.91 Å². The number of amides is 1. The summed E-state index contributed by atoms with van der Waals surface area (Å²) in [5, 5.41) is 11.9. The number of nitrogens with one attached hydrogen (secondary N) is 1. The van der Waals surface area contributed by atoms with Gasteiger partial charge in [-0.3, -0.25) is 14.4 Å². The van der Waals surface area contributed by atoms with Crippen molar-refractivity contribution < 1.29 is 9.18 Å². The predicted molar refractivity (Wildman–Crippen MR) is 120 cm³/mol. The van der Waals surface area contributed by atoms with E-state index in [1.54, 1.807) is 12.1 Å². The topological polar surface area (TPSA) is 63.1 Å². The van der Waals surface area contributed by atoms with Crippen molar-refractivity contribution in [3.8, 4) is 0 Å². The number of carbonyl (C=O) groups excluding carboxylic acids is 1. The second-order valence-electron chi connectivity index (χ2n) is 10.0. The minimum Gasteiger partial charge on any atom is -0.352 e. The van der Waals surface area contributed by atoms with Gasteiger partial charge < -0.3 is 5.32 Å². The minimum absolute atomic E-state index is 0.0399. The van der Waals surface area contributed by atoms with Crippen molar-refractivity contribution in [1.29, 1.82) is 0 Å². The van der Waals surface area contributed by atoms with E-state index in [0.29, 0.717) is 18.5 Å². The number of nitrogens with zero attached hydrogens (tertiary/aromatic N) is 4. The number of hydrogen-bond acceptors (Lipinski definition) is 4. The average molecular weight is 440 g/mol. The highest BCUT2D eigenvalue weighted by molar-refractivity contribution is 5.79. The summed E-state index contributed by atoms with van der Waals surface area (Å²) in [6.45, 7) is 3.18. The van der Waals surface area contributed by atoms with Gasteiger partial charge in [-0.2, -0.15) is 0 Å². The summed E-state index contributed by atoms with van der Waals surface area (Å²) >= 11 is 0. The first-order valence-corrected chi connectivity index (χ1v) is 12.3. The molecule has 0 radical (unpaired) electrons. The molecular weight excluding hydrogens is 405 g/mol.